The van der Waals surface area contributed by atoms with Gasteiger partial charge in [-0.05, 0) is 19.4 Å². The molecule has 1 aromatic carbocycles. The summed E-state index contributed by atoms with van der Waals surface area (Å²) in [5.41, 5.74) is 2.74. The summed E-state index contributed by atoms with van der Waals surface area (Å²) in [4.78, 5) is 0. The van der Waals surface area contributed by atoms with Crippen LogP contribution >= 0.6 is 11.6 Å². The minimum atomic E-state index is -0.604. The van der Waals surface area contributed by atoms with Crippen LogP contribution in [0.2, 0.25) is 5.02 Å². The molecule has 1 heterocycles. The van der Waals surface area contributed by atoms with Crippen molar-refractivity contribution in [1.82, 2.24) is 9.78 Å². The SMILES string of the molecule is Cc1nn(CC(O)COCc2ccccc2)c(C)c1Cl. The number of aliphatic hydroxyl groups excluding tert-OH is 1. The Bertz CT molecular complexity index is 555. The fourth-order valence-electron chi connectivity index (χ4n) is 1.99. The molecule has 1 atom stereocenters. The van der Waals surface area contributed by atoms with Crippen molar-refractivity contribution in [2.45, 2.75) is 33.1 Å². The quantitative estimate of drug-likeness (QED) is 0.891. The standard InChI is InChI=1S/C15H19ClN2O2/c1-11-15(16)12(2)18(17-11)8-14(19)10-20-9-13-6-4-3-5-7-13/h3-7,14,19H,8-10H2,1-2H3. The molecule has 20 heavy (non-hydrogen) atoms. The molecule has 0 aliphatic rings. The van der Waals surface area contributed by atoms with E-state index in [0.29, 0.717) is 18.2 Å². The Morgan fingerprint density at radius 3 is 2.60 bits per heavy atom. The lowest BCUT2D eigenvalue weighted by Gasteiger charge is -2.12. The molecule has 0 aliphatic carbocycles. The minimum Gasteiger partial charge on any atom is -0.389 e. The number of rotatable bonds is 6. The van der Waals surface area contributed by atoms with Crippen molar-refractivity contribution in [3.63, 3.8) is 0 Å². The summed E-state index contributed by atoms with van der Waals surface area (Å²) >= 11 is 6.07. The highest BCUT2D eigenvalue weighted by Gasteiger charge is 2.13. The summed E-state index contributed by atoms with van der Waals surface area (Å²) < 4.78 is 7.22. The second kappa shape index (κ2) is 6.88. The van der Waals surface area contributed by atoms with Gasteiger partial charge in [-0.3, -0.25) is 4.68 Å². The molecule has 1 unspecified atom stereocenters. The average Bonchev–Trinajstić information content (AvgIpc) is 2.67. The Hall–Kier alpha value is -1.36. The average molecular weight is 295 g/mol. The Morgan fingerprint density at radius 1 is 1.30 bits per heavy atom. The molecule has 1 aromatic heterocycles. The number of aliphatic hydroxyl groups is 1. The summed E-state index contributed by atoms with van der Waals surface area (Å²) in [7, 11) is 0. The fourth-order valence-corrected chi connectivity index (χ4v) is 2.13. The van der Waals surface area contributed by atoms with E-state index in [1.807, 2.05) is 44.2 Å². The normalized spacial score (nSPS) is 12.6. The van der Waals surface area contributed by atoms with Gasteiger partial charge >= 0.3 is 0 Å². The Morgan fingerprint density at radius 2 is 2.00 bits per heavy atom. The van der Waals surface area contributed by atoms with Gasteiger partial charge in [-0.15, -0.1) is 0 Å². The Labute approximate surface area is 123 Å². The maximum absolute atomic E-state index is 9.98. The molecule has 2 aromatic rings. The second-order valence-electron chi connectivity index (χ2n) is 4.82. The molecule has 0 amide bonds. The van der Waals surface area contributed by atoms with E-state index in [0.717, 1.165) is 17.0 Å². The van der Waals surface area contributed by atoms with E-state index >= 15 is 0 Å². The van der Waals surface area contributed by atoms with Gasteiger partial charge in [0.1, 0.15) is 0 Å². The number of benzene rings is 1. The molecule has 0 saturated heterocycles. The Balaban J connectivity index is 1.81. The number of ether oxygens (including phenoxy) is 1. The molecule has 0 spiro atoms. The smallest absolute Gasteiger partial charge is 0.0969 e. The highest BCUT2D eigenvalue weighted by Crippen LogP contribution is 2.19. The third-order valence-corrected chi connectivity index (χ3v) is 3.65. The zero-order valence-electron chi connectivity index (χ0n) is 11.7. The van der Waals surface area contributed by atoms with Crippen molar-refractivity contribution in [1.29, 1.82) is 0 Å². The largest absolute Gasteiger partial charge is 0.389 e. The molecule has 0 fully saturated rings. The molecule has 2 rings (SSSR count). The monoisotopic (exact) mass is 294 g/mol. The van der Waals surface area contributed by atoms with Crippen LogP contribution < -0.4 is 0 Å². The van der Waals surface area contributed by atoms with Crippen LogP contribution in [-0.2, 0) is 17.9 Å². The summed E-state index contributed by atoms with van der Waals surface area (Å²) in [6, 6.07) is 9.88. The molecule has 1 N–H and O–H groups in total. The molecule has 0 saturated carbocycles. The molecular weight excluding hydrogens is 276 g/mol. The van der Waals surface area contributed by atoms with E-state index in [9.17, 15) is 5.11 Å². The van der Waals surface area contributed by atoms with Crippen LogP contribution in [0.15, 0.2) is 30.3 Å². The summed E-state index contributed by atoms with van der Waals surface area (Å²) in [5, 5.41) is 14.9. The van der Waals surface area contributed by atoms with Crippen molar-refractivity contribution in [2.24, 2.45) is 0 Å². The predicted molar refractivity (Wildman–Crippen MR) is 78.8 cm³/mol. The summed E-state index contributed by atoms with van der Waals surface area (Å²) in [6.07, 6.45) is -0.604. The lowest BCUT2D eigenvalue weighted by molar-refractivity contribution is 0.0184. The van der Waals surface area contributed by atoms with E-state index in [4.69, 9.17) is 16.3 Å². The highest BCUT2D eigenvalue weighted by atomic mass is 35.5. The van der Waals surface area contributed by atoms with Crippen molar-refractivity contribution in [3.05, 3.63) is 52.3 Å². The maximum Gasteiger partial charge on any atom is 0.0969 e. The molecular formula is C15H19ClN2O2. The van der Waals surface area contributed by atoms with Gasteiger partial charge < -0.3 is 9.84 Å². The molecule has 0 radical (unpaired) electrons. The third kappa shape index (κ3) is 3.82. The molecule has 0 bridgehead atoms. The van der Waals surface area contributed by atoms with Gasteiger partial charge in [0.25, 0.3) is 0 Å². The number of hydrogen-bond acceptors (Lipinski definition) is 3. The summed E-state index contributed by atoms with van der Waals surface area (Å²) in [6.45, 7) is 4.89. The lowest BCUT2D eigenvalue weighted by atomic mass is 10.2. The molecule has 108 valence electrons. The second-order valence-corrected chi connectivity index (χ2v) is 5.20. The van der Waals surface area contributed by atoms with Crippen LogP contribution in [0.3, 0.4) is 0 Å². The van der Waals surface area contributed by atoms with E-state index in [1.165, 1.54) is 0 Å². The number of nitrogens with zero attached hydrogens (tertiary/aromatic N) is 2. The van der Waals surface area contributed by atoms with Gasteiger partial charge in [-0.25, -0.2) is 0 Å². The third-order valence-electron chi connectivity index (χ3n) is 3.10. The maximum atomic E-state index is 9.98. The zero-order chi connectivity index (χ0) is 14.5. The van der Waals surface area contributed by atoms with Crippen molar-refractivity contribution in [3.8, 4) is 0 Å². The highest BCUT2D eigenvalue weighted by molar-refractivity contribution is 6.31. The first kappa shape index (κ1) is 15.0. The Kier molecular flexibility index (Phi) is 5.17. The van der Waals surface area contributed by atoms with Crippen molar-refractivity contribution < 1.29 is 9.84 Å². The predicted octanol–water partition coefficient (Wildman–Crippen LogP) is 2.73. The number of hydrogen-bond donors (Lipinski definition) is 1. The van der Waals surface area contributed by atoms with E-state index in [1.54, 1.807) is 4.68 Å². The lowest BCUT2D eigenvalue weighted by Crippen LogP contribution is -2.23. The number of aryl methyl sites for hydroxylation is 1. The molecule has 4 nitrogen and oxygen atoms in total. The van der Waals surface area contributed by atoms with Gasteiger partial charge in [-0.1, -0.05) is 41.9 Å². The summed E-state index contributed by atoms with van der Waals surface area (Å²) in [5.74, 6) is 0. The van der Waals surface area contributed by atoms with Gasteiger partial charge in [-0.2, -0.15) is 5.10 Å². The van der Waals surface area contributed by atoms with Gasteiger partial charge in [0.15, 0.2) is 0 Å². The van der Waals surface area contributed by atoms with Crippen LogP contribution in [0, 0.1) is 13.8 Å². The van der Waals surface area contributed by atoms with Gasteiger partial charge in [0.05, 0.1) is 42.3 Å². The van der Waals surface area contributed by atoms with Crippen LogP contribution in [0.5, 0.6) is 0 Å². The van der Waals surface area contributed by atoms with Crippen molar-refractivity contribution >= 4 is 11.6 Å². The first-order chi connectivity index (χ1) is 9.58. The topological polar surface area (TPSA) is 47.3 Å². The van der Waals surface area contributed by atoms with Gasteiger partial charge in [0.2, 0.25) is 0 Å². The van der Waals surface area contributed by atoms with Crippen LogP contribution in [0.1, 0.15) is 17.0 Å². The van der Waals surface area contributed by atoms with E-state index in [2.05, 4.69) is 5.10 Å². The molecule has 0 aliphatic heterocycles. The number of halogens is 1. The fraction of sp³-hybridized carbons (Fsp3) is 0.400. The minimum absolute atomic E-state index is 0.269. The van der Waals surface area contributed by atoms with E-state index < -0.39 is 6.10 Å². The van der Waals surface area contributed by atoms with Crippen LogP contribution in [-0.4, -0.2) is 27.6 Å². The van der Waals surface area contributed by atoms with Crippen LogP contribution in [0.25, 0.3) is 0 Å². The molecule has 5 heteroatoms. The van der Waals surface area contributed by atoms with Crippen LogP contribution in [0.4, 0.5) is 0 Å². The van der Waals surface area contributed by atoms with E-state index in [-0.39, 0.29) is 6.61 Å². The van der Waals surface area contributed by atoms with Crippen molar-refractivity contribution in [2.75, 3.05) is 6.61 Å². The zero-order valence-corrected chi connectivity index (χ0v) is 12.5. The first-order valence-electron chi connectivity index (χ1n) is 6.57. The first-order valence-corrected chi connectivity index (χ1v) is 6.95. The number of aromatic nitrogens is 2. The van der Waals surface area contributed by atoms with Gasteiger partial charge in [0, 0.05) is 0 Å².